The van der Waals surface area contributed by atoms with Crippen molar-refractivity contribution in [2.45, 2.75) is 57.5 Å². The minimum Gasteiger partial charge on any atom is -0.465 e. The van der Waals surface area contributed by atoms with Crippen molar-refractivity contribution in [3.05, 3.63) is 0 Å². The van der Waals surface area contributed by atoms with E-state index in [1.807, 2.05) is 6.92 Å². The van der Waals surface area contributed by atoms with Crippen LogP contribution in [0.2, 0.25) is 0 Å². The maximum Gasteiger partial charge on any atom is 0.323 e. The number of rotatable bonds is 3. The first-order valence-electron chi connectivity index (χ1n) is 6.25. The molecule has 0 amide bonds. The summed E-state index contributed by atoms with van der Waals surface area (Å²) in [6.07, 6.45) is 7.57. The summed E-state index contributed by atoms with van der Waals surface area (Å²) in [7, 11) is 0. The van der Waals surface area contributed by atoms with E-state index >= 15 is 0 Å². The van der Waals surface area contributed by atoms with Crippen LogP contribution in [0.15, 0.2) is 0 Å². The first kappa shape index (κ1) is 10.9. The van der Waals surface area contributed by atoms with Crippen molar-refractivity contribution in [2.24, 2.45) is 0 Å². The molecule has 0 N–H and O–H groups in total. The van der Waals surface area contributed by atoms with Gasteiger partial charge >= 0.3 is 5.97 Å². The van der Waals surface area contributed by atoms with Gasteiger partial charge in [-0.25, -0.2) is 0 Å². The lowest BCUT2D eigenvalue weighted by atomic mass is 9.89. The van der Waals surface area contributed by atoms with E-state index in [4.69, 9.17) is 4.74 Å². The number of hydrogen-bond donors (Lipinski definition) is 0. The number of carbonyl (C=O) groups is 1. The molecule has 2 rings (SSSR count). The second kappa shape index (κ2) is 4.97. The van der Waals surface area contributed by atoms with E-state index in [1.165, 1.54) is 32.1 Å². The molecule has 15 heavy (non-hydrogen) atoms. The summed E-state index contributed by atoms with van der Waals surface area (Å²) < 4.78 is 5.09. The molecule has 1 saturated carbocycles. The largest absolute Gasteiger partial charge is 0.465 e. The van der Waals surface area contributed by atoms with Crippen LogP contribution in [0.3, 0.4) is 0 Å². The minimum atomic E-state index is -0.00526. The Hall–Kier alpha value is -0.570. The van der Waals surface area contributed by atoms with E-state index in [1.54, 1.807) is 0 Å². The Balaban J connectivity index is 1.84. The van der Waals surface area contributed by atoms with Gasteiger partial charge in [-0.3, -0.25) is 9.69 Å². The zero-order valence-corrected chi connectivity index (χ0v) is 9.58. The summed E-state index contributed by atoms with van der Waals surface area (Å²) in [5, 5.41) is 0. The number of hydrogen-bond acceptors (Lipinski definition) is 3. The van der Waals surface area contributed by atoms with Crippen LogP contribution in [0.4, 0.5) is 0 Å². The Morgan fingerprint density at radius 3 is 2.53 bits per heavy atom. The Bertz CT molecular complexity index is 224. The van der Waals surface area contributed by atoms with Gasteiger partial charge in [0.1, 0.15) is 6.04 Å². The second-order valence-corrected chi connectivity index (χ2v) is 4.59. The topological polar surface area (TPSA) is 29.5 Å². The normalized spacial score (nSPS) is 28.5. The molecular formula is C12H21NO2. The van der Waals surface area contributed by atoms with Crippen LogP contribution in [0, 0.1) is 0 Å². The lowest BCUT2D eigenvalue weighted by Crippen LogP contribution is -2.57. The van der Waals surface area contributed by atoms with Gasteiger partial charge in [-0.05, 0) is 26.2 Å². The van der Waals surface area contributed by atoms with Gasteiger partial charge in [0, 0.05) is 12.6 Å². The van der Waals surface area contributed by atoms with Gasteiger partial charge in [0.05, 0.1) is 6.61 Å². The summed E-state index contributed by atoms with van der Waals surface area (Å²) in [5.41, 5.74) is 0. The van der Waals surface area contributed by atoms with Crippen molar-refractivity contribution in [3.63, 3.8) is 0 Å². The van der Waals surface area contributed by atoms with Crippen molar-refractivity contribution < 1.29 is 9.53 Å². The quantitative estimate of drug-likeness (QED) is 0.668. The van der Waals surface area contributed by atoms with Gasteiger partial charge < -0.3 is 4.74 Å². The van der Waals surface area contributed by atoms with Gasteiger partial charge in [0.2, 0.25) is 0 Å². The lowest BCUT2D eigenvalue weighted by molar-refractivity contribution is -0.157. The van der Waals surface area contributed by atoms with Gasteiger partial charge in [-0.1, -0.05) is 19.3 Å². The maximum absolute atomic E-state index is 11.6. The van der Waals surface area contributed by atoms with Crippen molar-refractivity contribution >= 4 is 5.97 Å². The first-order chi connectivity index (χ1) is 7.33. The van der Waals surface area contributed by atoms with E-state index in [-0.39, 0.29) is 12.0 Å². The molecule has 0 aromatic rings. The summed E-state index contributed by atoms with van der Waals surface area (Å²) >= 11 is 0. The van der Waals surface area contributed by atoms with Crippen LogP contribution in [0.5, 0.6) is 0 Å². The molecule has 0 aromatic heterocycles. The standard InChI is InChI=1S/C12H21NO2/c1-2-15-12(14)11-8-9-13(11)10-6-4-3-5-7-10/h10-11H,2-9H2,1H3/t11-/m0/s1. The summed E-state index contributed by atoms with van der Waals surface area (Å²) in [4.78, 5) is 14.0. The number of ether oxygens (including phenoxy) is 1. The predicted octanol–water partition coefficient (Wildman–Crippen LogP) is 1.96. The van der Waals surface area contributed by atoms with Gasteiger partial charge in [0.15, 0.2) is 0 Å². The number of likely N-dealkylation sites (tertiary alicyclic amines) is 1. The third-order valence-corrected chi connectivity index (χ3v) is 3.66. The zero-order valence-electron chi connectivity index (χ0n) is 9.58. The van der Waals surface area contributed by atoms with Crippen molar-refractivity contribution in [1.29, 1.82) is 0 Å². The van der Waals surface area contributed by atoms with Gasteiger partial charge in [-0.15, -0.1) is 0 Å². The van der Waals surface area contributed by atoms with E-state index in [9.17, 15) is 4.79 Å². The van der Waals surface area contributed by atoms with E-state index in [2.05, 4.69) is 4.90 Å². The molecule has 1 saturated heterocycles. The summed E-state index contributed by atoms with van der Waals surface area (Å²) in [6, 6.07) is 0.731. The lowest BCUT2D eigenvalue weighted by Gasteiger charge is -2.45. The highest BCUT2D eigenvalue weighted by Gasteiger charge is 2.39. The molecule has 2 fully saturated rings. The molecule has 0 radical (unpaired) electrons. The average Bonchev–Trinajstić information content (AvgIpc) is 2.18. The smallest absolute Gasteiger partial charge is 0.323 e. The van der Waals surface area contributed by atoms with Gasteiger partial charge in [-0.2, -0.15) is 0 Å². The van der Waals surface area contributed by atoms with Crippen LogP contribution < -0.4 is 0 Å². The fourth-order valence-electron chi connectivity index (χ4n) is 2.75. The Morgan fingerprint density at radius 1 is 1.27 bits per heavy atom. The molecule has 2 aliphatic rings. The molecule has 0 bridgehead atoms. The molecular weight excluding hydrogens is 190 g/mol. The van der Waals surface area contributed by atoms with E-state index < -0.39 is 0 Å². The Labute approximate surface area is 91.8 Å². The average molecular weight is 211 g/mol. The van der Waals surface area contributed by atoms with Crippen LogP contribution in [0.1, 0.15) is 45.4 Å². The number of carbonyl (C=O) groups excluding carboxylic acids is 1. The Morgan fingerprint density at radius 2 is 2.00 bits per heavy atom. The predicted molar refractivity (Wildman–Crippen MR) is 58.6 cm³/mol. The van der Waals surface area contributed by atoms with Crippen LogP contribution in [-0.2, 0) is 9.53 Å². The van der Waals surface area contributed by atoms with Crippen LogP contribution in [0.25, 0.3) is 0 Å². The fraction of sp³-hybridized carbons (Fsp3) is 0.917. The molecule has 1 aliphatic heterocycles. The van der Waals surface area contributed by atoms with Crippen LogP contribution >= 0.6 is 0 Å². The zero-order chi connectivity index (χ0) is 10.7. The van der Waals surface area contributed by atoms with E-state index in [0.717, 1.165) is 13.0 Å². The third kappa shape index (κ3) is 2.33. The van der Waals surface area contributed by atoms with Gasteiger partial charge in [0.25, 0.3) is 0 Å². The molecule has 0 unspecified atom stereocenters. The molecule has 0 aromatic carbocycles. The van der Waals surface area contributed by atoms with Crippen molar-refractivity contribution in [3.8, 4) is 0 Å². The highest BCUT2D eigenvalue weighted by molar-refractivity contribution is 5.76. The molecule has 1 atom stereocenters. The van der Waals surface area contributed by atoms with Crippen molar-refractivity contribution in [2.75, 3.05) is 13.2 Å². The first-order valence-corrected chi connectivity index (χ1v) is 6.25. The molecule has 1 aliphatic carbocycles. The highest BCUT2D eigenvalue weighted by Crippen LogP contribution is 2.30. The summed E-state index contributed by atoms with van der Waals surface area (Å²) in [5.74, 6) is -0.00526. The molecule has 3 heteroatoms. The SMILES string of the molecule is CCOC(=O)[C@@H]1CCN1C1CCCCC1. The van der Waals surface area contributed by atoms with Crippen molar-refractivity contribution in [1.82, 2.24) is 4.90 Å². The number of esters is 1. The number of nitrogens with zero attached hydrogens (tertiary/aromatic N) is 1. The maximum atomic E-state index is 11.6. The second-order valence-electron chi connectivity index (χ2n) is 4.59. The molecule has 3 nitrogen and oxygen atoms in total. The highest BCUT2D eigenvalue weighted by atomic mass is 16.5. The minimum absolute atomic E-state index is 0.00526. The molecule has 86 valence electrons. The third-order valence-electron chi connectivity index (χ3n) is 3.66. The fourth-order valence-corrected chi connectivity index (χ4v) is 2.75. The molecule has 0 spiro atoms. The molecule has 1 heterocycles. The monoisotopic (exact) mass is 211 g/mol. The van der Waals surface area contributed by atoms with Crippen LogP contribution in [-0.4, -0.2) is 36.1 Å². The Kier molecular flexibility index (Phi) is 3.62. The van der Waals surface area contributed by atoms with E-state index in [0.29, 0.717) is 12.6 Å². The summed E-state index contributed by atoms with van der Waals surface area (Å²) in [6.45, 7) is 3.48.